The zero-order valence-electron chi connectivity index (χ0n) is 18.5. The van der Waals surface area contributed by atoms with E-state index in [-0.39, 0.29) is 6.04 Å². The number of nitrogens with one attached hydrogen (secondary N) is 1. The predicted molar refractivity (Wildman–Crippen MR) is 126 cm³/mol. The van der Waals surface area contributed by atoms with Gasteiger partial charge in [0.05, 0.1) is 26.6 Å². The number of aliphatic hydroxyl groups excluding tert-OH is 1. The lowest BCUT2D eigenvalue weighted by Crippen LogP contribution is -2.46. The minimum absolute atomic E-state index is 0.108. The second kappa shape index (κ2) is 7.79. The molecule has 2 unspecified atom stereocenters. The molecule has 8 heteroatoms. The van der Waals surface area contributed by atoms with E-state index < -0.39 is 16.1 Å². The zero-order valence-corrected chi connectivity index (χ0v) is 19.3. The van der Waals surface area contributed by atoms with E-state index >= 15 is 0 Å². The molecule has 3 aromatic carbocycles. The number of hydrogen-bond acceptors (Lipinski definition) is 6. The lowest BCUT2D eigenvalue weighted by atomic mass is 9.80. The summed E-state index contributed by atoms with van der Waals surface area (Å²) in [5.41, 5.74) is 2.54. The average molecular weight is 457 g/mol. The number of rotatable bonds is 4. The van der Waals surface area contributed by atoms with Crippen molar-refractivity contribution in [3.63, 3.8) is 0 Å². The van der Waals surface area contributed by atoms with E-state index in [1.54, 1.807) is 20.3 Å². The summed E-state index contributed by atoms with van der Waals surface area (Å²) >= 11 is 0. The number of nitrogens with zero attached hydrogens (tertiary/aromatic N) is 1. The number of methoxy groups -OCH3 is 2. The third-order valence-corrected chi connectivity index (χ3v) is 7.37. The SMILES string of the molecule is COc1cc2c3c(c4ccc(NS(C)(=O)=O)cc4c2cc1OC)CN1CCCCC1C3O. The van der Waals surface area contributed by atoms with Gasteiger partial charge in [0.25, 0.3) is 0 Å². The van der Waals surface area contributed by atoms with Gasteiger partial charge in [-0.25, -0.2) is 8.42 Å². The Balaban J connectivity index is 1.85. The third kappa shape index (κ3) is 3.46. The first-order valence-corrected chi connectivity index (χ1v) is 12.7. The first-order chi connectivity index (χ1) is 15.3. The average Bonchev–Trinajstić information content (AvgIpc) is 2.77. The Kier molecular flexibility index (Phi) is 5.19. The molecule has 0 saturated carbocycles. The Hall–Kier alpha value is -2.55. The molecule has 0 aliphatic carbocycles. The molecule has 0 bridgehead atoms. The van der Waals surface area contributed by atoms with Gasteiger partial charge in [-0.3, -0.25) is 9.62 Å². The molecule has 0 amide bonds. The highest BCUT2D eigenvalue weighted by atomic mass is 32.2. The molecular weight excluding hydrogens is 428 g/mol. The van der Waals surface area contributed by atoms with Gasteiger partial charge in [-0.1, -0.05) is 12.5 Å². The van der Waals surface area contributed by atoms with Crippen LogP contribution in [-0.2, 0) is 16.6 Å². The highest BCUT2D eigenvalue weighted by Crippen LogP contribution is 2.47. The number of ether oxygens (including phenoxy) is 2. The van der Waals surface area contributed by atoms with Crippen molar-refractivity contribution >= 4 is 37.3 Å². The van der Waals surface area contributed by atoms with Crippen LogP contribution in [0.15, 0.2) is 30.3 Å². The van der Waals surface area contributed by atoms with Gasteiger partial charge in [-0.2, -0.15) is 0 Å². The van der Waals surface area contributed by atoms with E-state index in [9.17, 15) is 13.5 Å². The molecule has 2 N–H and O–H groups in total. The number of fused-ring (bicyclic) bond motifs is 7. The predicted octanol–water partition coefficient (Wildman–Crippen LogP) is 3.78. The van der Waals surface area contributed by atoms with Crippen LogP contribution in [-0.4, -0.2) is 51.5 Å². The number of hydrogen-bond donors (Lipinski definition) is 2. The molecule has 5 rings (SSSR count). The maximum atomic E-state index is 11.8. The molecule has 0 spiro atoms. The van der Waals surface area contributed by atoms with Gasteiger partial charge >= 0.3 is 0 Å². The van der Waals surface area contributed by atoms with Crippen LogP contribution < -0.4 is 14.2 Å². The minimum atomic E-state index is -3.41. The zero-order chi connectivity index (χ0) is 22.6. The maximum absolute atomic E-state index is 11.8. The third-order valence-electron chi connectivity index (χ3n) is 6.76. The molecule has 1 fully saturated rings. The van der Waals surface area contributed by atoms with Crippen molar-refractivity contribution in [3.8, 4) is 11.5 Å². The summed E-state index contributed by atoms with van der Waals surface area (Å²) < 4.78 is 37.4. The van der Waals surface area contributed by atoms with Crippen LogP contribution in [0.4, 0.5) is 5.69 Å². The summed E-state index contributed by atoms with van der Waals surface area (Å²) in [5.74, 6) is 1.19. The van der Waals surface area contributed by atoms with Gasteiger partial charge in [0, 0.05) is 18.3 Å². The summed E-state index contributed by atoms with van der Waals surface area (Å²) in [5, 5.41) is 15.3. The molecule has 7 nitrogen and oxygen atoms in total. The Morgan fingerprint density at radius 1 is 1.00 bits per heavy atom. The highest BCUT2D eigenvalue weighted by molar-refractivity contribution is 7.92. The van der Waals surface area contributed by atoms with E-state index in [4.69, 9.17) is 9.47 Å². The van der Waals surface area contributed by atoms with Gasteiger partial charge < -0.3 is 14.6 Å². The summed E-state index contributed by atoms with van der Waals surface area (Å²) in [7, 11) is -0.213. The molecule has 0 radical (unpaired) electrons. The molecule has 32 heavy (non-hydrogen) atoms. The van der Waals surface area contributed by atoms with Crippen molar-refractivity contribution in [2.45, 2.75) is 38.0 Å². The van der Waals surface area contributed by atoms with Gasteiger partial charge in [0.1, 0.15) is 0 Å². The second-order valence-corrected chi connectivity index (χ2v) is 10.5. The standard InChI is InChI=1S/C24H28N2O5S/c1-30-21-11-17-16-10-14(25-32(3,28)29)7-8-15(16)19-13-26-9-5-4-6-20(26)24(27)23(19)18(17)12-22(21)31-2/h7-8,10-12,20,24-25,27H,4-6,9,13H2,1-3H3. The lowest BCUT2D eigenvalue weighted by Gasteiger charge is -2.44. The number of aliphatic hydroxyl groups is 1. The second-order valence-electron chi connectivity index (χ2n) is 8.76. The van der Waals surface area contributed by atoms with E-state index in [0.717, 1.165) is 71.3 Å². The van der Waals surface area contributed by atoms with Crippen LogP contribution in [0.1, 0.15) is 36.5 Å². The van der Waals surface area contributed by atoms with Crippen LogP contribution in [0.2, 0.25) is 0 Å². The Morgan fingerprint density at radius 2 is 1.69 bits per heavy atom. The largest absolute Gasteiger partial charge is 0.493 e. The number of sulfonamides is 1. The van der Waals surface area contributed by atoms with Crippen LogP contribution in [0.3, 0.4) is 0 Å². The summed E-state index contributed by atoms with van der Waals surface area (Å²) in [6.45, 7) is 1.73. The quantitative estimate of drug-likeness (QED) is 0.581. The van der Waals surface area contributed by atoms with Crippen molar-refractivity contribution in [3.05, 3.63) is 41.5 Å². The van der Waals surface area contributed by atoms with Crippen LogP contribution in [0.5, 0.6) is 11.5 Å². The molecular formula is C24H28N2O5S. The van der Waals surface area contributed by atoms with Crippen molar-refractivity contribution in [2.75, 3.05) is 31.7 Å². The maximum Gasteiger partial charge on any atom is 0.229 e. The van der Waals surface area contributed by atoms with Gasteiger partial charge in [0.2, 0.25) is 10.0 Å². The number of benzene rings is 3. The fourth-order valence-electron chi connectivity index (χ4n) is 5.41. The monoisotopic (exact) mass is 456 g/mol. The van der Waals surface area contributed by atoms with Crippen molar-refractivity contribution in [1.82, 2.24) is 4.90 Å². The van der Waals surface area contributed by atoms with Crippen LogP contribution in [0.25, 0.3) is 21.5 Å². The van der Waals surface area contributed by atoms with Gasteiger partial charge in [0.15, 0.2) is 11.5 Å². The topological polar surface area (TPSA) is 88.1 Å². The lowest BCUT2D eigenvalue weighted by molar-refractivity contribution is 0.00754. The van der Waals surface area contributed by atoms with Crippen molar-refractivity contribution in [2.24, 2.45) is 0 Å². The fourth-order valence-corrected chi connectivity index (χ4v) is 5.97. The van der Waals surface area contributed by atoms with Crippen LogP contribution >= 0.6 is 0 Å². The van der Waals surface area contributed by atoms with E-state index in [0.29, 0.717) is 17.2 Å². The molecule has 0 aromatic heterocycles. The smallest absolute Gasteiger partial charge is 0.229 e. The molecule has 170 valence electrons. The summed E-state index contributed by atoms with van der Waals surface area (Å²) in [6, 6.07) is 9.56. The summed E-state index contributed by atoms with van der Waals surface area (Å²) in [6.07, 6.45) is 3.78. The highest BCUT2D eigenvalue weighted by Gasteiger charge is 2.37. The van der Waals surface area contributed by atoms with Gasteiger partial charge in [-0.05, 0) is 76.3 Å². The Morgan fingerprint density at radius 3 is 2.38 bits per heavy atom. The Bertz CT molecular complexity index is 1320. The minimum Gasteiger partial charge on any atom is -0.493 e. The molecule has 3 aromatic rings. The number of piperidine rings is 1. The normalized spacial score (nSPS) is 21.2. The molecule has 2 aliphatic heterocycles. The molecule has 2 heterocycles. The van der Waals surface area contributed by atoms with Crippen LogP contribution in [0, 0.1) is 0 Å². The van der Waals surface area contributed by atoms with Gasteiger partial charge in [-0.15, -0.1) is 0 Å². The van der Waals surface area contributed by atoms with E-state index in [1.165, 1.54) is 0 Å². The molecule has 1 saturated heterocycles. The van der Waals surface area contributed by atoms with Crippen molar-refractivity contribution in [1.29, 1.82) is 0 Å². The number of anilines is 1. The molecule has 2 atom stereocenters. The molecule has 2 aliphatic rings. The van der Waals surface area contributed by atoms with E-state index in [1.807, 2.05) is 24.3 Å². The van der Waals surface area contributed by atoms with Crippen molar-refractivity contribution < 1.29 is 23.0 Å². The first kappa shape index (κ1) is 21.3. The fraction of sp³-hybridized carbons (Fsp3) is 0.417. The first-order valence-electron chi connectivity index (χ1n) is 10.8. The summed E-state index contributed by atoms with van der Waals surface area (Å²) in [4.78, 5) is 2.38. The van der Waals surface area contributed by atoms with E-state index in [2.05, 4.69) is 9.62 Å². The Labute approximate surface area is 188 Å².